The summed E-state index contributed by atoms with van der Waals surface area (Å²) in [6, 6.07) is 27.1. The Balaban J connectivity index is 1.64. The van der Waals surface area contributed by atoms with Gasteiger partial charge in [-0.1, -0.05) is 66.7 Å². The quantitative estimate of drug-likeness (QED) is 0.301. The summed E-state index contributed by atoms with van der Waals surface area (Å²) in [6.45, 7) is 1.24. The minimum atomic E-state index is -1.13. The topological polar surface area (TPSA) is 116 Å². The highest BCUT2D eigenvalue weighted by Crippen LogP contribution is 2.31. The predicted octanol–water partition coefficient (Wildman–Crippen LogP) is 5.10. The first kappa shape index (κ1) is 21.6. The van der Waals surface area contributed by atoms with Gasteiger partial charge in [-0.2, -0.15) is 0 Å². The molecule has 0 fully saturated rings. The first-order chi connectivity index (χ1) is 16.1. The van der Waals surface area contributed by atoms with Gasteiger partial charge >= 0.3 is 6.09 Å². The van der Waals surface area contributed by atoms with Gasteiger partial charge in [0.15, 0.2) is 11.6 Å². The van der Waals surface area contributed by atoms with Gasteiger partial charge in [0.2, 0.25) is 0 Å². The smallest absolute Gasteiger partial charge is 0.409 e. The van der Waals surface area contributed by atoms with Crippen molar-refractivity contribution in [2.45, 2.75) is 13.1 Å². The van der Waals surface area contributed by atoms with Crippen molar-refractivity contribution in [2.24, 2.45) is 0 Å². The van der Waals surface area contributed by atoms with Crippen LogP contribution in [-0.2, 0) is 13.1 Å². The number of rotatable bonds is 8. The summed E-state index contributed by atoms with van der Waals surface area (Å²) in [5.74, 6) is 1.05. The van der Waals surface area contributed by atoms with Crippen molar-refractivity contribution in [3.63, 3.8) is 0 Å². The molecule has 0 aliphatic rings. The van der Waals surface area contributed by atoms with Crippen LogP contribution in [0.1, 0.15) is 11.1 Å². The van der Waals surface area contributed by atoms with Crippen LogP contribution in [0.3, 0.4) is 0 Å². The van der Waals surface area contributed by atoms with Crippen molar-refractivity contribution in [2.75, 3.05) is 21.3 Å². The van der Waals surface area contributed by atoms with Gasteiger partial charge in [0, 0.05) is 24.5 Å². The maximum absolute atomic E-state index is 10.9. The van der Waals surface area contributed by atoms with Crippen LogP contribution in [-0.4, -0.2) is 21.2 Å². The molecule has 0 unspecified atom stereocenters. The van der Waals surface area contributed by atoms with Crippen LogP contribution in [0.15, 0.2) is 91.3 Å². The van der Waals surface area contributed by atoms with E-state index in [2.05, 4.69) is 49.8 Å². The number of carboxylic acid groups (broad SMARTS) is 1. The Morgan fingerprint density at radius 1 is 0.848 bits per heavy atom. The average Bonchev–Trinajstić information content (AvgIpc) is 2.81. The molecule has 0 saturated carbocycles. The van der Waals surface area contributed by atoms with Crippen molar-refractivity contribution in [3.05, 3.63) is 102 Å². The minimum Gasteiger partial charge on any atom is -0.465 e. The first-order valence-electron chi connectivity index (χ1n) is 10.4. The van der Waals surface area contributed by atoms with Crippen molar-refractivity contribution >= 4 is 34.8 Å². The second-order valence-electron chi connectivity index (χ2n) is 7.42. The monoisotopic (exact) mass is 440 g/mol. The molecule has 0 aliphatic carbocycles. The molecule has 5 N–H and O–H groups in total. The summed E-state index contributed by atoms with van der Waals surface area (Å²) in [7, 11) is 0. The summed E-state index contributed by atoms with van der Waals surface area (Å²) in [5, 5.41) is 14.5. The second kappa shape index (κ2) is 10.1. The summed E-state index contributed by atoms with van der Waals surface area (Å²) in [5.41, 5.74) is 10.3. The number of nitrogens with zero attached hydrogens (tertiary/aromatic N) is 3. The Morgan fingerprint density at radius 2 is 1.45 bits per heavy atom. The molecule has 3 aromatic carbocycles. The molecule has 0 spiro atoms. The number of hydrogen-bond acceptors (Lipinski definition) is 6. The Hall–Kier alpha value is -4.59. The van der Waals surface area contributed by atoms with E-state index in [9.17, 15) is 4.79 Å². The standard InChI is InChI=1S/C25H24N6O2/c26-22-23(29-20-12-7-13-21(14-20)30-25(32)33)27-17-28-24(22)31(15-18-8-3-1-4-9-18)16-19-10-5-2-6-11-19/h1-14,17,30H,15-16,26H2,(H,32,33)(H,27,28,29). The van der Waals surface area contributed by atoms with Crippen LogP contribution in [0, 0.1) is 0 Å². The van der Waals surface area contributed by atoms with Gasteiger partial charge in [0.25, 0.3) is 0 Å². The second-order valence-corrected chi connectivity index (χ2v) is 7.42. The minimum absolute atomic E-state index is 0.404. The summed E-state index contributed by atoms with van der Waals surface area (Å²) in [6.07, 6.45) is 0.338. The SMILES string of the molecule is Nc1c(Nc2cccc(NC(=O)O)c2)ncnc1N(Cc1ccccc1)Cc1ccccc1. The highest BCUT2D eigenvalue weighted by atomic mass is 16.4. The van der Waals surface area contributed by atoms with Gasteiger partial charge in [0.1, 0.15) is 12.0 Å². The highest BCUT2D eigenvalue weighted by Gasteiger charge is 2.17. The van der Waals surface area contributed by atoms with Crippen molar-refractivity contribution in [1.29, 1.82) is 0 Å². The molecule has 1 aromatic heterocycles. The molecule has 0 bridgehead atoms. The zero-order valence-corrected chi connectivity index (χ0v) is 17.8. The number of aromatic nitrogens is 2. The van der Waals surface area contributed by atoms with Gasteiger partial charge in [-0.15, -0.1) is 0 Å². The largest absolute Gasteiger partial charge is 0.465 e. The fourth-order valence-electron chi connectivity index (χ4n) is 3.49. The molecule has 8 heteroatoms. The number of benzene rings is 3. The molecule has 4 aromatic rings. The molecule has 0 atom stereocenters. The van der Waals surface area contributed by atoms with Gasteiger partial charge in [-0.25, -0.2) is 14.8 Å². The number of amides is 1. The van der Waals surface area contributed by atoms with E-state index in [1.54, 1.807) is 24.3 Å². The summed E-state index contributed by atoms with van der Waals surface area (Å²) >= 11 is 0. The van der Waals surface area contributed by atoms with Crippen molar-refractivity contribution in [3.8, 4) is 0 Å². The van der Waals surface area contributed by atoms with E-state index in [-0.39, 0.29) is 0 Å². The molecular formula is C25H24N6O2. The lowest BCUT2D eigenvalue weighted by Crippen LogP contribution is -2.24. The third-order valence-electron chi connectivity index (χ3n) is 4.97. The van der Waals surface area contributed by atoms with E-state index in [1.165, 1.54) is 6.33 Å². The number of nitrogen functional groups attached to an aromatic ring is 1. The first-order valence-corrected chi connectivity index (χ1v) is 10.4. The maximum atomic E-state index is 10.9. The number of carbonyl (C=O) groups is 1. The van der Waals surface area contributed by atoms with Crippen molar-refractivity contribution < 1.29 is 9.90 Å². The predicted molar refractivity (Wildman–Crippen MR) is 131 cm³/mol. The van der Waals surface area contributed by atoms with E-state index in [0.29, 0.717) is 41.8 Å². The molecule has 166 valence electrons. The summed E-state index contributed by atoms with van der Waals surface area (Å²) in [4.78, 5) is 21.8. The van der Waals surface area contributed by atoms with E-state index < -0.39 is 6.09 Å². The Labute approximate surface area is 191 Å². The third-order valence-corrected chi connectivity index (χ3v) is 4.97. The Bertz CT molecular complexity index is 1180. The van der Waals surface area contributed by atoms with Crippen LogP contribution in [0.5, 0.6) is 0 Å². The van der Waals surface area contributed by atoms with Gasteiger partial charge in [-0.3, -0.25) is 5.32 Å². The molecular weight excluding hydrogens is 416 g/mol. The Morgan fingerprint density at radius 3 is 2.06 bits per heavy atom. The third kappa shape index (κ3) is 5.76. The molecule has 0 aliphatic heterocycles. The van der Waals surface area contributed by atoms with Crippen LogP contribution >= 0.6 is 0 Å². The van der Waals surface area contributed by atoms with E-state index in [1.807, 2.05) is 36.4 Å². The zero-order valence-electron chi connectivity index (χ0n) is 17.8. The highest BCUT2D eigenvalue weighted by molar-refractivity contribution is 5.85. The fraction of sp³-hybridized carbons (Fsp3) is 0.0800. The van der Waals surface area contributed by atoms with Crippen LogP contribution in [0.2, 0.25) is 0 Å². The molecule has 1 heterocycles. The fourth-order valence-corrected chi connectivity index (χ4v) is 3.49. The van der Waals surface area contributed by atoms with E-state index in [0.717, 1.165) is 11.1 Å². The maximum Gasteiger partial charge on any atom is 0.409 e. The average molecular weight is 441 g/mol. The lowest BCUT2D eigenvalue weighted by atomic mass is 10.1. The number of nitrogens with two attached hydrogens (primary N) is 1. The Kier molecular flexibility index (Phi) is 6.65. The normalized spacial score (nSPS) is 10.4. The van der Waals surface area contributed by atoms with Crippen LogP contribution in [0.4, 0.5) is 33.5 Å². The van der Waals surface area contributed by atoms with Gasteiger partial charge in [-0.05, 0) is 29.3 Å². The molecule has 0 saturated heterocycles. The number of anilines is 5. The zero-order chi connectivity index (χ0) is 23.0. The van der Waals surface area contributed by atoms with E-state index in [4.69, 9.17) is 10.8 Å². The molecule has 1 amide bonds. The van der Waals surface area contributed by atoms with Crippen molar-refractivity contribution in [1.82, 2.24) is 9.97 Å². The molecule has 8 nitrogen and oxygen atoms in total. The lowest BCUT2D eigenvalue weighted by molar-refractivity contribution is 0.210. The van der Waals surface area contributed by atoms with Crippen LogP contribution < -0.4 is 21.3 Å². The molecule has 4 rings (SSSR count). The van der Waals surface area contributed by atoms with Crippen LogP contribution in [0.25, 0.3) is 0 Å². The summed E-state index contributed by atoms with van der Waals surface area (Å²) < 4.78 is 0. The van der Waals surface area contributed by atoms with Gasteiger partial charge in [0.05, 0.1) is 0 Å². The number of hydrogen-bond donors (Lipinski definition) is 4. The molecule has 33 heavy (non-hydrogen) atoms. The molecule has 0 radical (unpaired) electrons. The number of nitrogens with one attached hydrogen (secondary N) is 2. The van der Waals surface area contributed by atoms with Gasteiger partial charge < -0.3 is 21.1 Å². The lowest BCUT2D eigenvalue weighted by Gasteiger charge is -2.26. The van der Waals surface area contributed by atoms with E-state index >= 15 is 0 Å².